The second-order valence-electron chi connectivity index (χ2n) is 4.42. The van der Waals surface area contributed by atoms with Gasteiger partial charge in [0.05, 0.1) is 16.4 Å². The number of phenolic OH excluding ortho intramolecular Hbond substituents is 1. The van der Waals surface area contributed by atoms with Crippen molar-refractivity contribution >= 4 is 27.0 Å². The highest BCUT2D eigenvalue weighted by Gasteiger charge is 2.22. The van der Waals surface area contributed by atoms with Crippen LogP contribution in [0.15, 0.2) is 22.4 Å². The molecule has 0 spiro atoms. The van der Waals surface area contributed by atoms with Gasteiger partial charge in [-0.3, -0.25) is 4.72 Å². The summed E-state index contributed by atoms with van der Waals surface area (Å²) in [4.78, 5) is 4.11. The molecule has 0 amide bonds. The van der Waals surface area contributed by atoms with Gasteiger partial charge in [-0.2, -0.15) is 0 Å². The van der Waals surface area contributed by atoms with Gasteiger partial charge in [-0.15, -0.1) is 11.3 Å². The van der Waals surface area contributed by atoms with Crippen molar-refractivity contribution in [1.82, 2.24) is 4.98 Å². The molecule has 0 aliphatic heterocycles. The van der Waals surface area contributed by atoms with Crippen molar-refractivity contribution in [2.45, 2.75) is 31.4 Å². The van der Waals surface area contributed by atoms with Crippen LogP contribution in [-0.2, 0) is 16.4 Å². The zero-order valence-corrected chi connectivity index (χ0v) is 13.1. The van der Waals surface area contributed by atoms with Crippen LogP contribution in [-0.4, -0.2) is 18.5 Å². The first kappa shape index (κ1) is 14.8. The van der Waals surface area contributed by atoms with Crippen LogP contribution in [0.3, 0.4) is 0 Å². The Labute approximate surface area is 122 Å². The summed E-state index contributed by atoms with van der Waals surface area (Å²) in [6.07, 6.45) is 0.758. The van der Waals surface area contributed by atoms with E-state index >= 15 is 0 Å². The molecule has 0 bridgehead atoms. The Balaban J connectivity index is 2.40. The number of benzene rings is 1. The number of thiazole rings is 1. The van der Waals surface area contributed by atoms with Crippen LogP contribution in [0, 0.1) is 13.8 Å². The van der Waals surface area contributed by atoms with E-state index < -0.39 is 10.0 Å². The van der Waals surface area contributed by atoms with Crippen molar-refractivity contribution in [1.29, 1.82) is 0 Å². The van der Waals surface area contributed by atoms with Gasteiger partial charge < -0.3 is 5.11 Å². The van der Waals surface area contributed by atoms with Crippen molar-refractivity contribution in [2.75, 3.05) is 4.72 Å². The van der Waals surface area contributed by atoms with E-state index in [9.17, 15) is 13.5 Å². The maximum absolute atomic E-state index is 12.3. The van der Waals surface area contributed by atoms with E-state index in [0.29, 0.717) is 10.7 Å². The van der Waals surface area contributed by atoms with E-state index in [0.717, 1.165) is 23.3 Å². The standard InChI is InChI=1S/C13H16N2O3S2/c1-4-10-5-6-12(16)11(7-10)15-20(17,18)13-8(2)14-9(3)19-13/h5-7,15-16H,4H2,1-3H3. The molecule has 108 valence electrons. The molecule has 1 aromatic carbocycles. The lowest BCUT2D eigenvalue weighted by Gasteiger charge is -2.10. The van der Waals surface area contributed by atoms with E-state index in [1.54, 1.807) is 26.0 Å². The topological polar surface area (TPSA) is 79.3 Å². The number of hydrogen-bond acceptors (Lipinski definition) is 5. The lowest BCUT2D eigenvalue weighted by molar-refractivity contribution is 0.477. The van der Waals surface area contributed by atoms with Crippen molar-refractivity contribution < 1.29 is 13.5 Å². The monoisotopic (exact) mass is 312 g/mol. The molecule has 7 heteroatoms. The predicted octanol–water partition coefficient (Wildman–Crippen LogP) is 2.83. The number of anilines is 1. The SMILES string of the molecule is CCc1ccc(O)c(NS(=O)(=O)c2sc(C)nc2C)c1. The van der Waals surface area contributed by atoms with Crippen LogP contribution in [0.25, 0.3) is 0 Å². The van der Waals surface area contributed by atoms with Crippen LogP contribution in [0.4, 0.5) is 5.69 Å². The van der Waals surface area contributed by atoms with Gasteiger partial charge >= 0.3 is 0 Å². The van der Waals surface area contributed by atoms with Gasteiger partial charge in [0, 0.05) is 0 Å². The number of phenols is 1. The predicted molar refractivity (Wildman–Crippen MR) is 79.9 cm³/mol. The van der Waals surface area contributed by atoms with Gasteiger partial charge in [0.1, 0.15) is 5.75 Å². The number of hydrogen-bond donors (Lipinski definition) is 2. The maximum atomic E-state index is 12.3. The molecule has 0 aliphatic carbocycles. The van der Waals surface area contributed by atoms with Crippen molar-refractivity contribution in [2.24, 2.45) is 0 Å². The van der Waals surface area contributed by atoms with Crippen LogP contribution in [0.1, 0.15) is 23.2 Å². The summed E-state index contributed by atoms with van der Waals surface area (Å²) in [6.45, 7) is 5.37. The van der Waals surface area contributed by atoms with Crippen molar-refractivity contribution in [3.05, 3.63) is 34.5 Å². The Morgan fingerprint density at radius 3 is 2.60 bits per heavy atom. The fraction of sp³-hybridized carbons (Fsp3) is 0.308. The molecule has 1 aromatic heterocycles. The summed E-state index contributed by atoms with van der Waals surface area (Å²) in [7, 11) is -3.72. The van der Waals surface area contributed by atoms with Crippen molar-refractivity contribution in [3.8, 4) is 5.75 Å². The zero-order valence-electron chi connectivity index (χ0n) is 11.5. The minimum atomic E-state index is -3.72. The third-order valence-electron chi connectivity index (χ3n) is 2.82. The number of nitrogens with zero attached hydrogens (tertiary/aromatic N) is 1. The molecule has 1 heterocycles. The van der Waals surface area contributed by atoms with Crippen LogP contribution < -0.4 is 4.72 Å². The molecule has 0 fully saturated rings. The van der Waals surface area contributed by atoms with E-state index in [4.69, 9.17) is 0 Å². The summed E-state index contributed by atoms with van der Waals surface area (Å²) in [5.74, 6) is -0.0929. The largest absolute Gasteiger partial charge is 0.506 e. The molecule has 0 atom stereocenters. The van der Waals surface area contributed by atoms with Gasteiger partial charge in [-0.05, 0) is 38.0 Å². The van der Waals surface area contributed by atoms with E-state index in [2.05, 4.69) is 9.71 Å². The summed E-state index contributed by atoms with van der Waals surface area (Å²) in [5, 5.41) is 10.5. The Bertz CT molecular complexity index is 736. The highest BCUT2D eigenvalue weighted by atomic mass is 32.2. The van der Waals surface area contributed by atoms with Gasteiger partial charge in [-0.1, -0.05) is 13.0 Å². The average molecular weight is 312 g/mol. The normalized spacial score (nSPS) is 11.6. The van der Waals surface area contributed by atoms with E-state index in [-0.39, 0.29) is 15.6 Å². The average Bonchev–Trinajstić information content (AvgIpc) is 2.72. The molecular formula is C13H16N2O3S2. The molecule has 2 aromatic rings. The first-order valence-corrected chi connectivity index (χ1v) is 8.42. The van der Waals surface area contributed by atoms with Gasteiger partial charge in [-0.25, -0.2) is 13.4 Å². The number of aromatic nitrogens is 1. The zero-order chi connectivity index (χ0) is 14.9. The minimum absolute atomic E-state index is 0.0929. The molecular weight excluding hydrogens is 296 g/mol. The Hall–Kier alpha value is -1.60. The molecule has 0 unspecified atom stereocenters. The van der Waals surface area contributed by atoms with Crippen LogP contribution in [0.2, 0.25) is 0 Å². The highest BCUT2D eigenvalue weighted by molar-refractivity contribution is 7.94. The second kappa shape index (κ2) is 5.41. The second-order valence-corrected chi connectivity index (χ2v) is 7.50. The number of sulfonamides is 1. The van der Waals surface area contributed by atoms with Crippen molar-refractivity contribution in [3.63, 3.8) is 0 Å². The lowest BCUT2D eigenvalue weighted by Crippen LogP contribution is -2.13. The fourth-order valence-electron chi connectivity index (χ4n) is 1.84. The molecule has 5 nitrogen and oxygen atoms in total. The molecule has 0 saturated heterocycles. The van der Waals surface area contributed by atoms with E-state index in [1.165, 1.54) is 6.07 Å². The number of rotatable bonds is 4. The Kier molecular flexibility index (Phi) is 4.01. The Morgan fingerprint density at radius 2 is 2.05 bits per heavy atom. The number of aryl methyl sites for hydroxylation is 3. The summed E-state index contributed by atoms with van der Waals surface area (Å²) in [5.41, 5.74) is 1.60. The summed E-state index contributed by atoms with van der Waals surface area (Å²) >= 11 is 1.11. The lowest BCUT2D eigenvalue weighted by atomic mass is 10.1. The molecule has 0 radical (unpaired) electrons. The van der Waals surface area contributed by atoms with Gasteiger partial charge in [0.2, 0.25) is 0 Å². The Morgan fingerprint density at radius 1 is 1.35 bits per heavy atom. The van der Waals surface area contributed by atoms with Crippen LogP contribution in [0.5, 0.6) is 5.75 Å². The summed E-state index contributed by atoms with van der Waals surface area (Å²) in [6, 6.07) is 4.88. The third-order valence-corrected chi connectivity index (χ3v) is 5.87. The molecule has 2 N–H and O–H groups in total. The summed E-state index contributed by atoms with van der Waals surface area (Å²) < 4.78 is 27.3. The first-order chi connectivity index (χ1) is 9.33. The van der Waals surface area contributed by atoms with E-state index in [1.807, 2.05) is 6.92 Å². The quantitative estimate of drug-likeness (QED) is 0.851. The molecule has 20 heavy (non-hydrogen) atoms. The number of aromatic hydroxyl groups is 1. The van der Waals surface area contributed by atoms with Crippen LogP contribution >= 0.6 is 11.3 Å². The minimum Gasteiger partial charge on any atom is -0.506 e. The maximum Gasteiger partial charge on any atom is 0.273 e. The molecule has 2 rings (SSSR count). The smallest absolute Gasteiger partial charge is 0.273 e. The first-order valence-electron chi connectivity index (χ1n) is 6.12. The molecule has 0 saturated carbocycles. The molecule has 0 aliphatic rings. The fourth-order valence-corrected chi connectivity index (χ4v) is 4.39. The van der Waals surface area contributed by atoms with Gasteiger partial charge in [0.25, 0.3) is 10.0 Å². The third kappa shape index (κ3) is 2.94. The number of nitrogens with one attached hydrogen (secondary N) is 1. The van der Waals surface area contributed by atoms with Gasteiger partial charge in [0.15, 0.2) is 4.21 Å². The highest BCUT2D eigenvalue weighted by Crippen LogP contribution is 2.30.